The highest BCUT2D eigenvalue weighted by Gasteiger charge is 2.24. The molecule has 2 N–H and O–H groups in total. The molecule has 1 aromatic heterocycles. The van der Waals surface area contributed by atoms with Crippen LogP contribution in [0.2, 0.25) is 0 Å². The van der Waals surface area contributed by atoms with E-state index in [0.29, 0.717) is 17.7 Å². The van der Waals surface area contributed by atoms with Gasteiger partial charge in [0.1, 0.15) is 12.0 Å². The van der Waals surface area contributed by atoms with Crippen molar-refractivity contribution in [3.63, 3.8) is 0 Å². The number of hydrogen-bond donors (Lipinski definition) is 1. The van der Waals surface area contributed by atoms with E-state index in [0.717, 1.165) is 50.9 Å². The standard InChI is InChI=1S/C20H30N4O2/c21-20(26)18-13-17(22-14-23-18)11-16-7-4-9-24(10-8-16)19(25)12-15-5-2-1-3-6-15/h13-16H,1-12H2,(H2,21,26)/t16-/m1/s1. The maximum atomic E-state index is 12.7. The second-order valence-electron chi connectivity index (χ2n) is 7.85. The van der Waals surface area contributed by atoms with Crippen LogP contribution in [0.3, 0.4) is 0 Å². The number of carbonyl (C=O) groups excluding carboxylic acids is 2. The molecule has 6 heteroatoms. The average molecular weight is 358 g/mol. The summed E-state index contributed by atoms with van der Waals surface area (Å²) in [6.45, 7) is 1.71. The second kappa shape index (κ2) is 9.10. The number of primary amides is 1. The zero-order valence-electron chi connectivity index (χ0n) is 15.5. The van der Waals surface area contributed by atoms with Gasteiger partial charge >= 0.3 is 0 Å². The Bertz CT molecular complexity index is 628. The lowest BCUT2D eigenvalue weighted by atomic mass is 9.86. The monoisotopic (exact) mass is 358 g/mol. The van der Waals surface area contributed by atoms with Gasteiger partial charge in [-0.1, -0.05) is 19.3 Å². The van der Waals surface area contributed by atoms with E-state index in [1.807, 2.05) is 0 Å². The lowest BCUT2D eigenvalue weighted by Gasteiger charge is -2.26. The van der Waals surface area contributed by atoms with Crippen molar-refractivity contribution in [2.24, 2.45) is 17.6 Å². The quantitative estimate of drug-likeness (QED) is 0.876. The molecule has 0 aromatic carbocycles. The molecule has 26 heavy (non-hydrogen) atoms. The summed E-state index contributed by atoms with van der Waals surface area (Å²) in [6, 6.07) is 1.69. The molecular formula is C20H30N4O2. The van der Waals surface area contributed by atoms with Crippen LogP contribution in [-0.4, -0.2) is 39.8 Å². The zero-order chi connectivity index (χ0) is 18.4. The van der Waals surface area contributed by atoms with Crippen LogP contribution >= 0.6 is 0 Å². The van der Waals surface area contributed by atoms with Gasteiger partial charge in [-0.05, 0) is 56.4 Å². The summed E-state index contributed by atoms with van der Waals surface area (Å²) in [5.41, 5.74) is 6.43. The molecule has 0 spiro atoms. The van der Waals surface area contributed by atoms with Crippen molar-refractivity contribution in [2.75, 3.05) is 13.1 Å². The van der Waals surface area contributed by atoms with E-state index < -0.39 is 5.91 Å². The molecule has 1 aliphatic heterocycles. The van der Waals surface area contributed by atoms with E-state index in [1.54, 1.807) is 6.07 Å². The minimum atomic E-state index is -0.519. The maximum Gasteiger partial charge on any atom is 0.267 e. The van der Waals surface area contributed by atoms with Gasteiger partial charge in [0.05, 0.1) is 0 Å². The lowest BCUT2D eigenvalue weighted by Crippen LogP contribution is -2.33. The predicted molar refractivity (Wildman–Crippen MR) is 99.4 cm³/mol. The first kappa shape index (κ1) is 18.8. The molecule has 1 aromatic rings. The number of rotatable bonds is 5. The van der Waals surface area contributed by atoms with Gasteiger partial charge < -0.3 is 10.6 Å². The third-order valence-corrected chi connectivity index (χ3v) is 5.86. The van der Waals surface area contributed by atoms with Gasteiger partial charge in [0, 0.05) is 25.2 Å². The Morgan fingerprint density at radius 1 is 1.00 bits per heavy atom. The van der Waals surface area contributed by atoms with Gasteiger partial charge in [0.15, 0.2) is 0 Å². The van der Waals surface area contributed by atoms with Crippen LogP contribution in [0.4, 0.5) is 0 Å². The van der Waals surface area contributed by atoms with E-state index in [4.69, 9.17) is 5.73 Å². The van der Waals surface area contributed by atoms with E-state index in [2.05, 4.69) is 14.9 Å². The molecule has 1 aliphatic carbocycles. The van der Waals surface area contributed by atoms with Gasteiger partial charge in [0.2, 0.25) is 5.91 Å². The molecule has 3 rings (SSSR count). The number of likely N-dealkylation sites (tertiary alicyclic amines) is 1. The van der Waals surface area contributed by atoms with Gasteiger partial charge in [-0.25, -0.2) is 9.97 Å². The summed E-state index contributed by atoms with van der Waals surface area (Å²) in [5.74, 6) is 0.909. The molecule has 1 saturated heterocycles. The Morgan fingerprint density at radius 3 is 2.54 bits per heavy atom. The van der Waals surface area contributed by atoms with Gasteiger partial charge in [-0.2, -0.15) is 0 Å². The first-order valence-corrected chi connectivity index (χ1v) is 10.0. The number of nitrogens with zero attached hydrogens (tertiary/aromatic N) is 3. The van der Waals surface area contributed by atoms with E-state index in [1.165, 1.54) is 38.4 Å². The van der Waals surface area contributed by atoms with Crippen molar-refractivity contribution in [1.82, 2.24) is 14.9 Å². The summed E-state index contributed by atoms with van der Waals surface area (Å²) < 4.78 is 0. The Balaban J connectivity index is 1.50. The lowest BCUT2D eigenvalue weighted by molar-refractivity contribution is -0.132. The van der Waals surface area contributed by atoms with Gasteiger partial charge in [-0.3, -0.25) is 9.59 Å². The molecule has 0 bridgehead atoms. The Morgan fingerprint density at radius 2 is 1.77 bits per heavy atom. The first-order chi connectivity index (χ1) is 12.6. The number of aromatic nitrogens is 2. The fraction of sp³-hybridized carbons (Fsp3) is 0.700. The number of amides is 2. The fourth-order valence-corrected chi connectivity index (χ4v) is 4.33. The zero-order valence-corrected chi connectivity index (χ0v) is 15.5. The Kier molecular flexibility index (Phi) is 6.58. The third kappa shape index (κ3) is 5.26. The highest BCUT2D eigenvalue weighted by molar-refractivity contribution is 5.90. The normalized spacial score (nSPS) is 22.0. The summed E-state index contributed by atoms with van der Waals surface area (Å²) >= 11 is 0. The van der Waals surface area contributed by atoms with Gasteiger partial charge in [0.25, 0.3) is 5.91 Å². The summed E-state index contributed by atoms with van der Waals surface area (Å²) in [4.78, 5) is 34.2. The maximum absolute atomic E-state index is 12.7. The number of hydrogen-bond acceptors (Lipinski definition) is 4. The van der Waals surface area contributed by atoms with Crippen molar-refractivity contribution in [3.8, 4) is 0 Å². The highest BCUT2D eigenvalue weighted by atomic mass is 16.2. The van der Waals surface area contributed by atoms with E-state index in [9.17, 15) is 9.59 Å². The molecule has 142 valence electrons. The fourth-order valence-electron chi connectivity index (χ4n) is 4.33. The molecular weight excluding hydrogens is 328 g/mol. The smallest absolute Gasteiger partial charge is 0.267 e. The van der Waals surface area contributed by atoms with Crippen molar-refractivity contribution >= 4 is 11.8 Å². The second-order valence-corrected chi connectivity index (χ2v) is 7.85. The molecule has 2 heterocycles. The average Bonchev–Trinajstić information content (AvgIpc) is 2.88. The Labute approximate surface area is 155 Å². The first-order valence-electron chi connectivity index (χ1n) is 10.0. The number of carbonyl (C=O) groups is 2. The molecule has 0 unspecified atom stereocenters. The summed E-state index contributed by atoms with van der Waals surface area (Å²) in [6.07, 6.45) is 12.4. The molecule has 2 fully saturated rings. The molecule has 2 aliphatic rings. The number of nitrogens with two attached hydrogens (primary N) is 1. The van der Waals surface area contributed by atoms with E-state index >= 15 is 0 Å². The van der Waals surface area contributed by atoms with Crippen LogP contribution in [0, 0.1) is 11.8 Å². The minimum absolute atomic E-state index is 0.271. The summed E-state index contributed by atoms with van der Waals surface area (Å²) in [5, 5.41) is 0. The molecule has 2 amide bonds. The molecule has 1 atom stereocenters. The predicted octanol–water partition coefficient (Wildman–Crippen LogP) is 2.72. The molecule has 0 radical (unpaired) electrons. The van der Waals surface area contributed by atoms with Crippen LogP contribution in [0.15, 0.2) is 12.4 Å². The Hall–Kier alpha value is -1.98. The van der Waals surface area contributed by atoms with Crippen molar-refractivity contribution in [3.05, 3.63) is 23.8 Å². The molecule has 1 saturated carbocycles. The SMILES string of the molecule is NC(=O)c1cc(C[C@@H]2CCCN(C(=O)CC3CCCCC3)CC2)ncn1. The van der Waals surface area contributed by atoms with Crippen LogP contribution in [0.5, 0.6) is 0 Å². The van der Waals surface area contributed by atoms with E-state index in [-0.39, 0.29) is 5.69 Å². The molecule has 6 nitrogen and oxygen atoms in total. The topological polar surface area (TPSA) is 89.2 Å². The highest BCUT2D eigenvalue weighted by Crippen LogP contribution is 2.28. The van der Waals surface area contributed by atoms with Crippen molar-refractivity contribution < 1.29 is 9.59 Å². The minimum Gasteiger partial charge on any atom is -0.364 e. The van der Waals surface area contributed by atoms with Crippen LogP contribution in [0.25, 0.3) is 0 Å². The largest absolute Gasteiger partial charge is 0.364 e. The van der Waals surface area contributed by atoms with Crippen LogP contribution < -0.4 is 5.73 Å². The van der Waals surface area contributed by atoms with Crippen LogP contribution in [0.1, 0.15) is 74.0 Å². The van der Waals surface area contributed by atoms with Crippen molar-refractivity contribution in [1.29, 1.82) is 0 Å². The van der Waals surface area contributed by atoms with Crippen LogP contribution in [-0.2, 0) is 11.2 Å². The van der Waals surface area contributed by atoms with Gasteiger partial charge in [-0.15, -0.1) is 0 Å². The third-order valence-electron chi connectivity index (χ3n) is 5.86. The summed E-state index contributed by atoms with van der Waals surface area (Å²) in [7, 11) is 0. The van der Waals surface area contributed by atoms with Crippen molar-refractivity contribution in [2.45, 2.75) is 64.2 Å².